The number of aryl methyl sites for hydroxylation is 1. The van der Waals surface area contributed by atoms with Crippen LogP contribution in [-0.4, -0.2) is 37.4 Å². The number of aromatic amines is 1. The van der Waals surface area contributed by atoms with Crippen molar-refractivity contribution in [2.45, 2.75) is 20.4 Å². The van der Waals surface area contributed by atoms with E-state index in [4.69, 9.17) is 4.74 Å². The maximum Gasteiger partial charge on any atom is 0.280 e. The molecule has 0 aliphatic carbocycles. The van der Waals surface area contributed by atoms with E-state index in [1.165, 1.54) is 11.0 Å². The highest BCUT2D eigenvalue weighted by molar-refractivity contribution is 6.00. The molecule has 0 aliphatic rings. The minimum atomic E-state index is -0.137. The van der Waals surface area contributed by atoms with E-state index in [9.17, 15) is 4.79 Å². The number of aliphatic imine (C=N–C) groups is 1. The van der Waals surface area contributed by atoms with Gasteiger partial charge in [-0.15, -0.1) is 0 Å². The molecular weight excluding hydrogens is 380 g/mol. The van der Waals surface area contributed by atoms with Crippen molar-refractivity contribution in [1.29, 1.82) is 0 Å². The topological polar surface area (TPSA) is 90.1 Å². The molecule has 2 aromatic carbocycles. The van der Waals surface area contributed by atoms with Gasteiger partial charge in [0.1, 0.15) is 18.4 Å². The third-order valence-electron chi connectivity index (χ3n) is 4.81. The summed E-state index contributed by atoms with van der Waals surface area (Å²) in [5, 5.41) is 7.24. The van der Waals surface area contributed by atoms with Crippen molar-refractivity contribution in [3.05, 3.63) is 88.4 Å². The Bertz CT molecular complexity index is 1220. The van der Waals surface area contributed by atoms with Gasteiger partial charge in [-0.25, -0.2) is 14.3 Å². The highest BCUT2D eigenvalue weighted by atomic mass is 16.5. The Morgan fingerprint density at radius 2 is 1.87 bits per heavy atom. The van der Waals surface area contributed by atoms with Crippen molar-refractivity contribution in [2.75, 3.05) is 7.11 Å². The molecule has 0 saturated heterocycles. The van der Waals surface area contributed by atoms with Gasteiger partial charge in [-0.3, -0.25) is 14.9 Å². The quantitative estimate of drug-likeness (QED) is 0.501. The summed E-state index contributed by atoms with van der Waals surface area (Å²) in [7, 11) is 1.61. The number of ether oxygens (including phenoxy) is 1. The van der Waals surface area contributed by atoms with Gasteiger partial charge in [-0.1, -0.05) is 12.1 Å². The van der Waals surface area contributed by atoms with Gasteiger partial charge in [-0.2, -0.15) is 5.10 Å². The molecule has 0 bridgehead atoms. The van der Waals surface area contributed by atoms with E-state index in [1.54, 1.807) is 18.1 Å². The summed E-state index contributed by atoms with van der Waals surface area (Å²) in [5.41, 5.74) is 4.46. The number of methoxy groups -OCH3 is 1. The number of rotatable bonds is 6. The minimum absolute atomic E-state index is 0.137. The van der Waals surface area contributed by atoms with E-state index < -0.39 is 0 Å². The Hall–Kier alpha value is -3.94. The first-order valence-corrected chi connectivity index (χ1v) is 9.48. The first-order chi connectivity index (χ1) is 14.5. The molecule has 2 heterocycles. The average molecular weight is 402 g/mol. The van der Waals surface area contributed by atoms with E-state index in [0.29, 0.717) is 17.8 Å². The van der Waals surface area contributed by atoms with E-state index in [0.717, 1.165) is 28.4 Å². The molecule has 152 valence electrons. The lowest BCUT2D eigenvalue weighted by Crippen LogP contribution is -2.19. The molecule has 0 atom stereocenters. The van der Waals surface area contributed by atoms with Crippen LogP contribution in [0, 0.1) is 6.92 Å². The number of nitrogens with one attached hydrogen (secondary N) is 1. The molecule has 0 spiro atoms. The third-order valence-corrected chi connectivity index (χ3v) is 4.81. The molecule has 4 rings (SSSR count). The fraction of sp³-hybridized carbons (Fsp3) is 0.182. The zero-order valence-corrected chi connectivity index (χ0v) is 17.0. The van der Waals surface area contributed by atoms with Crippen LogP contribution in [0.5, 0.6) is 5.75 Å². The molecule has 8 heteroatoms. The van der Waals surface area contributed by atoms with Crippen LogP contribution in [0.1, 0.15) is 23.7 Å². The molecule has 0 saturated carbocycles. The van der Waals surface area contributed by atoms with Crippen molar-refractivity contribution in [2.24, 2.45) is 4.99 Å². The van der Waals surface area contributed by atoms with Gasteiger partial charge in [0.2, 0.25) is 0 Å². The number of benzene rings is 2. The van der Waals surface area contributed by atoms with Crippen LogP contribution >= 0.6 is 0 Å². The van der Waals surface area contributed by atoms with E-state index in [-0.39, 0.29) is 5.56 Å². The molecule has 2 aromatic heterocycles. The normalized spacial score (nSPS) is 11.6. The van der Waals surface area contributed by atoms with Gasteiger partial charge >= 0.3 is 0 Å². The number of hydrogen-bond donors (Lipinski definition) is 1. The number of aromatic nitrogens is 5. The molecule has 8 nitrogen and oxygen atoms in total. The molecule has 0 radical (unpaired) electrons. The predicted molar refractivity (Wildman–Crippen MR) is 115 cm³/mol. The number of H-pyrrole nitrogens is 1. The molecule has 4 aromatic rings. The maximum absolute atomic E-state index is 13.0. The monoisotopic (exact) mass is 402 g/mol. The molecule has 0 unspecified atom stereocenters. The highest BCUT2D eigenvalue weighted by Gasteiger charge is 2.15. The van der Waals surface area contributed by atoms with Crippen molar-refractivity contribution >= 4 is 11.4 Å². The van der Waals surface area contributed by atoms with Crippen LogP contribution in [0.25, 0.3) is 5.69 Å². The Balaban J connectivity index is 1.59. The first-order valence-electron chi connectivity index (χ1n) is 9.48. The summed E-state index contributed by atoms with van der Waals surface area (Å²) in [6.45, 7) is 4.36. The molecule has 0 amide bonds. The number of nitrogens with zero attached hydrogens (tertiary/aromatic N) is 5. The van der Waals surface area contributed by atoms with Crippen molar-refractivity contribution in [3.8, 4) is 11.4 Å². The van der Waals surface area contributed by atoms with Gasteiger partial charge < -0.3 is 4.74 Å². The van der Waals surface area contributed by atoms with E-state index in [2.05, 4.69) is 20.2 Å². The zero-order valence-electron chi connectivity index (χ0n) is 17.0. The molecular formula is C22H22N6O2. The van der Waals surface area contributed by atoms with E-state index in [1.807, 2.05) is 62.4 Å². The number of hydrogen-bond acceptors (Lipinski definition) is 5. The molecule has 1 N–H and O–H groups in total. The van der Waals surface area contributed by atoms with Crippen molar-refractivity contribution in [3.63, 3.8) is 0 Å². The smallest absolute Gasteiger partial charge is 0.280 e. The van der Waals surface area contributed by atoms with Gasteiger partial charge in [0.05, 0.1) is 36.3 Å². The second kappa shape index (κ2) is 8.20. The Morgan fingerprint density at radius 3 is 2.50 bits per heavy atom. The van der Waals surface area contributed by atoms with Crippen LogP contribution in [-0.2, 0) is 6.54 Å². The van der Waals surface area contributed by atoms with E-state index >= 15 is 0 Å². The lowest BCUT2D eigenvalue weighted by molar-refractivity contribution is 0.414. The largest absolute Gasteiger partial charge is 0.497 e. The SMILES string of the molecule is COc1ccc(-n2[nH]c(C)c(C(C)=Nc3ccc(Cn4cncn4)cc3)c2=O)cc1. The summed E-state index contributed by atoms with van der Waals surface area (Å²) in [6.07, 6.45) is 3.19. The zero-order chi connectivity index (χ0) is 21.1. The van der Waals surface area contributed by atoms with Gasteiger partial charge in [-0.05, 0) is 55.8 Å². The summed E-state index contributed by atoms with van der Waals surface area (Å²) in [6, 6.07) is 15.2. The van der Waals surface area contributed by atoms with Crippen LogP contribution in [0.3, 0.4) is 0 Å². The summed E-state index contributed by atoms with van der Waals surface area (Å²) < 4.78 is 8.46. The van der Waals surface area contributed by atoms with Crippen LogP contribution in [0.15, 0.2) is 71.0 Å². The lowest BCUT2D eigenvalue weighted by atomic mass is 10.1. The fourth-order valence-electron chi connectivity index (χ4n) is 3.31. The van der Waals surface area contributed by atoms with Crippen LogP contribution in [0.4, 0.5) is 5.69 Å². The average Bonchev–Trinajstić information content (AvgIpc) is 3.37. The minimum Gasteiger partial charge on any atom is -0.497 e. The molecule has 0 fully saturated rings. The standard InChI is InChI=1S/C22H22N6O2/c1-15(25-18-6-4-17(5-7-18)12-27-14-23-13-24-27)21-16(2)26-28(22(21)29)19-8-10-20(30-3)11-9-19/h4-11,13-14,26H,12H2,1-3H3. The second-order valence-electron chi connectivity index (χ2n) is 6.91. The fourth-order valence-corrected chi connectivity index (χ4v) is 3.31. The highest BCUT2D eigenvalue weighted by Crippen LogP contribution is 2.17. The van der Waals surface area contributed by atoms with Crippen molar-refractivity contribution < 1.29 is 4.74 Å². The van der Waals surface area contributed by atoms with Crippen molar-refractivity contribution in [1.82, 2.24) is 24.5 Å². The van der Waals surface area contributed by atoms with Crippen LogP contribution < -0.4 is 10.3 Å². The van der Waals surface area contributed by atoms with Gasteiger partial charge in [0.25, 0.3) is 5.56 Å². The second-order valence-corrected chi connectivity index (χ2v) is 6.91. The molecule has 30 heavy (non-hydrogen) atoms. The summed E-state index contributed by atoms with van der Waals surface area (Å²) >= 11 is 0. The maximum atomic E-state index is 13.0. The van der Waals surface area contributed by atoms with Gasteiger partial charge in [0, 0.05) is 5.69 Å². The molecule has 0 aliphatic heterocycles. The predicted octanol–water partition coefficient (Wildman–Crippen LogP) is 3.26. The Labute approximate surface area is 173 Å². The third kappa shape index (κ3) is 3.93. The van der Waals surface area contributed by atoms with Crippen LogP contribution in [0.2, 0.25) is 0 Å². The van der Waals surface area contributed by atoms with Gasteiger partial charge in [0.15, 0.2) is 0 Å². The Kier molecular flexibility index (Phi) is 5.30. The summed E-state index contributed by atoms with van der Waals surface area (Å²) in [5.74, 6) is 0.736. The lowest BCUT2D eigenvalue weighted by Gasteiger charge is -2.03. The Morgan fingerprint density at radius 1 is 1.13 bits per heavy atom. The summed E-state index contributed by atoms with van der Waals surface area (Å²) in [4.78, 5) is 21.6. The first kappa shape index (κ1) is 19.4.